The summed E-state index contributed by atoms with van der Waals surface area (Å²) in [6, 6.07) is 6.47. The van der Waals surface area contributed by atoms with Crippen LogP contribution < -0.4 is 10.6 Å². The molecule has 16 heavy (non-hydrogen) atoms. The average molecular weight is 301 g/mol. The minimum absolute atomic E-state index is 0.602. The molecule has 88 valence electrons. The van der Waals surface area contributed by atoms with Gasteiger partial charge in [0.15, 0.2) is 0 Å². The maximum Gasteiger partial charge on any atom is 0.0381 e. The molecule has 2 N–H and O–H groups in total. The maximum absolute atomic E-state index is 5.70. The lowest BCUT2D eigenvalue weighted by Gasteiger charge is -2.32. The Morgan fingerprint density at radius 3 is 3.00 bits per heavy atom. The van der Waals surface area contributed by atoms with Gasteiger partial charge in [-0.05, 0) is 23.8 Å². The summed E-state index contributed by atoms with van der Waals surface area (Å²) in [4.78, 5) is 2.45. The fraction of sp³-hybridized carbons (Fsp3) is 0.500. The van der Waals surface area contributed by atoms with Crippen LogP contribution in [0.25, 0.3) is 0 Å². The zero-order valence-corrected chi connectivity index (χ0v) is 11.9. The highest BCUT2D eigenvalue weighted by atomic mass is 79.9. The van der Waals surface area contributed by atoms with E-state index in [-0.39, 0.29) is 0 Å². The van der Waals surface area contributed by atoms with Gasteiger partial charge in [0, 0.05) is 40.8 Å². The van der Waals surface area contributed by atoms with Crippen molar-refractivity contribution in [1.82, 2.24) is 0 Å². The molecule has 1 atom stereocenters. The summed E-state index contributed by atoms with van der Waals surface area (Å²) in [6.45, 7) is 5.16. The molecule has 2 nitrogen and oxygen atoms in total. The molecule has 4 heteroatoms. The second-order valence-corrected chi connectivity index (χ2v) is 6.61. The number of rotatable bonds is 2. The zero-order valence-electron chi connectivity index (χ0n) is 9.45. The van der Waals surface area contributed by atoms with Gasteiger partial charge < -0.3 is 10.6 Å². The third kappa shape index (κ3) is 2.93. The number of hydrogen-bond donors (Lipinski definition) is 1. The number of hydrogen-bond acceptors (Lipinski definition) is 3. The van der Waals surface area contributed by atoms with Gasteiger partial charge >= 0.3 is 0 Å². The lowest BCUT2D eigenvalue weighted by Crippen LogP contribution is -2.36. The first-order chi connectivity index (χ1) is 7.69. The van der Waals surface area contributed by atoms with Crippen molar-refractivity contribution in [2.24, 2.45) is 5.73 Å². The van der Waals surface area contributed by atoms with Crippen molar-refractivity contribution in [3.8, 4) is 0 Å². The monoisotopic (exact) mass is 300 g/mol. The summed E-state index contributed by atoms with van der Waals surface area (Å²) in [7, 11) is 0. The van der Waals surface area contributed by atoms with Gasteiger partial charge in [0.05, 0.1) is 0 Å². The fourth-order valence-corrected chi connectivity index (χ4v) is 3.53. The van der Waals surface area contributed by atoms with Gasteiger partial charge in [0.1, 0.15) is 0 Å². The van der Waals surface area contributed by atoms with Gasteiger partial charge in [-0.2, -0.15) is 11.8 Å². The number of nitrogens with two attached hydrogens (primary N) is 1. The molecule has 0 saturated carbocycles. The van der Waals surface area contributed by atoms with Gasteiger partial charge in [-0.3, -0.25) is 0 Å². The highest BCUT2D eigenvalue weighted by Crippen LogP contribution is 2.27. The van der Waals surface area contributed by atoms with Gasteiger partial charge in [0.2, 0.25) is 0 Å². The van der Waals surface area contributed by atoms with Crippen molar-refractivity contribution in [1.29, 1.82) is 0 Å². The summed E-state index contributed by atoms with van der Waals surface area (Å²) in [5, 5.41) is 0.717. The molecule has 1 aliphatic rings. The number of nitrogens with zero attached hydrogens (tertiary/aromatic N) is 1. The predicted octanol–water partition coefficient (Wildman–Crippen LogP) is 2.85. The number of thioether (sulfide) groups is 1. The van der Waals surface area contributed by atoms with Crippen LogP contribution in [-0.2, 0) is 6.54 Å². The lowest BCUT2D eigenvalue weighted by molar-refractivity contribution is 0.781. The Hall–Kier alpha value is -0.190. The maximum atomic E-state index is 5.70. The minimum atomic E-state index is 0.602. The van der Waals surface area contributed by atoms with Crippen molar-refractivity contribution in [2.45, 2.75) is 18.7 Å². The standard InChI is InChI=1S/C12H17BrN2S/c1-9-8-15(2-3-16-9)12-5-10(7-14)4-11(13)6-12/h4-6,9H,2-3,7-8,14H2,1H3. The van der Waals surface area contributed by atoms with E-state index in [9.17, 15) is 0 Å². The second-order valence-electron chi connectivity index (χ2n) is 4.15. The molecule has 1 aromatic carbocycles. The normalized spacial score (nSPS) is 21.2. The van der Waals surface area contributed by atoms with Crippen LogP contribution in [0, 0.1) is 0 Å². The van der Waals surface area contributed by atoms with Gasteiger partial charge in [0.25, 0.3) is 0 Å². The van der Waals surface area contributed by atoms with Crippen LogP contribution in [0.5, 0.6) is 0 Å². The second kappa shape index (κ2) is 5.43. The first-order valence-electron chi connectivity index (χ1n) is 5.55. The van der Waals surface area contributed by atoms with Crippen LogP contribution in [0.15, 0.2) is 22.7 Å². The molecule has 0 bridgehead atoms. The molecule has 0 aromatic heterocycles. The molecular weight excluding hydrogens is 284 g/mol. The Morgan fingerprint density at radius 2 is 2.31 bits per heavy atom. The van der Waals surface area contributed by atoms with Crippen LogP contribution in [0.2, 0.25) is 0 Å². The van der Waals surface area contributed by atoms with Gasteiger partial charge in [-0.1, -0.05) is 22.9 Å². The smallest absolute Gasteiger partial charge is 0.0381 e. The molecule has 1 fully saturated rings. The molecular formula is C12H17BrN2S. The third-order valence-corrected chi connectivity index (χ3v) is 4.38. The Balaban J connectivity index is 2.21. The SMILES string of the molecule is CC1CN(c2cc(Br)cc(CN)c2)CCS1. The topological polar surface area (TPSA) is 29.3 Å². The van der Waals surface area contributed by atoms with E-state index >= 15 is 0 Å². The van der Waals surface area contributed by atoms with E-state index < -0.39 is 0 Å². The molecule has 0 aliphatic carbocycles. The van der Waals surface area contributed by atoms with E-state index in [0.717, 1.165) is 17.6 Å². The van der Waals surface area contributed by atoms with E-state index in [1.54, 1.807) is 0 Å². The lowest BCUT2D eigenvalue weighted by atomic mass is 10.2. The Morgan fingerprint density at radius 1 is 1.50 bits per heavy atom. The molecule has 0 radical (unpaired) electrons. The molecule has 1 aromatic rings. The van der Waals surface area contributed by atoms with Crippen molar-refractivity contribution in [2.75, 3.05) is 23.7 Å². The fourth-order valence-electron chi connectivity index (χ4n) is 1.99. The molecule has 2 rings (SSSR count). The first-order valence-corrected chi connectivity index (χ1v) is 7.39. The Kier molecular flexibility index (Phi) is 4.16. The number of halogens is 1. The predicted molar refractivity (Wildman–Crippen MR) is 76.2 cm³/mol. The van der Waals surface area contributed by atoms with Crippen molar-refractivity contribution in [3.63, 3.8) is 0 Å². The quantitative estimate of drug-likeness (QED) is 0.911. The van der Waals surface area contributed by atoms with Crippen molar-refractivity contribution >= 4 is 33.4 Å². The third-order valence-electron chi connectivity index (χ3n) is 2.78. The summed E-state index contributed by atoms with van der Waals surface area (Å²) in [5.74, 6) is 1.21. The highest BCUT2D eigenvalue weighted by molar-refractivity contribution is 9.10. The summed E-state index contributed by atoms with van der Waals surface area (Å²) >= 11 is 5.60. The van der Waals surface area contributed by atoms with E-state index in [1.165, 1.54) is 17.0 Å². The molecule has 0 amide bonds. The van der Waals surface area contributed by atoms with Gasteiger partial charge in [-0.25, -0.2) is 0 Å². The van der Waals surface area contributed by atoms with Gasteiger partial charge in [-0.15, -0.1) is 0 Å². The number of benzene rings is 1. The van der Waals surface area contributed by atoms with E-state index in [4.69, 9.17) is 5.73 Å². The Bertz CT molecular complexity index is 370. The van der Waals surface area contributed by atoms with Crippen LogP contribution in [0.1, 0.15) is 12.5 Å². The molecule has 1 unspecified atom stereocenters. The van der Waals surface area contributed by atoms with E-state index in [0.29, 0.717) is 11.8 Å². The zero-order chi connectivity index (χ0) is 11.5. The van der Waals surface area contributed by atoms with E-state index in [1.807, 2.05) is 0 Å². The van der Waals surface area contributed by atoms with Crippen molar-refractivity contribution in [3.05, 3.63) is 28.2 Å². The highest BCUT2D eigenvalue weighted by Gasteiger charge is 2.17. The minimum Gasteiger partial charge on any atom is -0.370 e. The molecule has 1 saturated heterocycles. The summed E-state index contributed by atoms with van der Waals surface area (Å²) in [6.07, 6.45) is 0. The largest absolute Gasteiger partial charge is 0.370 e. The summed E-state index contributed by atoms with van der Waals surface area (Å²) in [5.41, 5.74) is 8.18. The van der Waals surface area contributed by atoms with Crippen LogP contribution in [0.3, 0.4) is 0 Å². The van der Waals surface area contributed by atoms with Crippen LogP contribution in [-0.4, -0.2) is 24.1 Å². The van der Waals surface area contributed by atoms with Crippen LogP contribution in [0.4, 0.5) is 5.69 Å². The van der Waals surface area contributed by atoms with Crippen LogP contribution >= 0.6 is 27.7 Å². The molecule has 0 spiro atoms. The first kappa shape index (κ1) is 12.3. The summed E-state index contributed by atoms with van der Waals surface area (Å²) < 4.78 is 1.12. The Labute approximate surface area is 110 Å². The van der Waals surface area contributed by atoms with E-state index in [2.05, 4.69) is 57.7 Å². The average Bonchev–Trinajstić information content (AvgIpc) is 2.28. The number of anilines is 1. The van der Waals surface area contributed by atoms with Crippen molar-refractivity contribution < 1.29 is 0 Å². The molecule has 1 aliphatic heterocycles. The molecule has 1 heterocycles.